The molecule has 0 radical (unpaired) electrons. The van der Waals surface area contributed by atoms with Crippen LogP contribution in [0.25, 0.3) is 0 Å². The van der Waals surface area contributed by atoms with Crippen molar-refractivity contribution in [3.8, 4) is 0 Å². The van der Waals surface area contributed by atoms with Crippen molar-refractivity contribution in [3.63, 3.8) is 0 Å². The molecule has 0 saturated heterocycles. The summed E-state index contributed by atoms with van der Waals surface area (Å²) < 4.78 is 0. The maximum absolute atomic E-state index is 5.39. The molecule has 1 aromatic heterocycles. The van der Waals surface area contributed by atoms with Crippen molar-refractivity contribution in [1.29, 1.82) is 0 Å². The van der Waals surface area contributed by atoms with Crippen LogP contribution in [-0.2, 0) is 6.42 Å². The monoisotopic (exact) mass is 197 g/mol. The van der Waals surface area contributed by atoms with Gasteiger partial charge in [-0.1, -0.05) is 6.08 Å². The van der Waals surface area contributed by atoms with Crippen LogP contribution in [0.5, 0.6) is 0 Å². The van der Waals surface area contributed by atoms with Gasteiger partial charge in [-0.2, -0.15) is 0 Å². The number of nitrogens with zero attached hydrogens (tertiary/aromatic N) is 1. The Kier molecular flexibility index (Phi) is 4.08. The van der Waals surface area contributed by atoms with Gasteiger partial charge in [0.25, 0.3) is 0 Å². The van der Waals surface area contributed by atoms with Crippen LogP contribution in [-0.4, -0.2) is 11.0 Å². The Morgan fingerprint density at radius 1 is 1.85 bits per heavy atom. The molecule has 0 amide bonds. The van der Waals surface area contributed by atoms with Crippen LogP contribution in [0.2, 0.25) is 0 Å². The summed E-state index contributed by atoms with van der Waals surface area (Å²) >= 11 is 1.68. The number of nitrogens with one attached hydrogen (secondary N) is 1. The van der Waals surface area contributed by atoms with Gasteiger partial charge in [0.2, 0.25) is 0 Å². The minimum Gasteiger partial charge on any atom is -0.271 e. The van der Waals surface area contributed by atoms with Crippen LogP contribution in [0.15, 0.2) is 18.0 Å². The van der Waals surface area contributed by atoms with Crippen LogP contribution in [0.3, 0.4) is 0 Å². The largest absolute Gasteiger partial charge is 0.271 e. The van der Waals surface area contributed by atoms with E-state index in [-0.39, 0.29) is 6.04 Å². The van der Waals surface area contributed by atoms with Gasteiger partial charge in [0.1, 0.15) is 0 Å². The molecule has 0 aromatic carbocycles. The Labute approximate surface area is 82.7 Å². The minimum absolute atomic E-state index is 0.253. The quantitative estimate of drug-likeness (QED) is 0.426. The Balaban J connectivity index is 2.50. The van der Waals surface area contributed by atoms with Crippen molar-refractivity contribution in [3.05, 3.63) is 28.7 Å². The first-order chi connectivity index (χ1) is 6.26. The number of thiazole rings is 1. The molecule has 0 saturated carbocycles. The van der Waals surface area contributed by atoms with E-state index in [9.17, 15) is 0 Å². The van der Waals surface area contributed by atoms with Gasteiger partial charge in [-0.05, 0) is 13.3 Å². The standard InChI is InChI=1S/C9H15N3S/c1-3-4-8(12-10)5-9-11-7(2)6-13-9/h3,6,8,12H,1,4-5,10H2,2H3. The Hall–Kier alpha value is -0.710. The second-order valence-corrected chi connectivity index (χ2v) is 3.92. The van der Waals surface area contributed by atoms with E-state index < -0.39 is 0 Å². The molecule has 0 fully saturated rings. The first kappa shape index (κ1) is 10.4. The van der Waals surface area contributed by atoms with Crippen molar-refractivity contribution >= 4 is 11.3 Å². The van der Waals surface area contributed by atoms with Crippen LogP contribution in [0.4, 0.5) is 0 Å². The molecule has 0 aliphatic heterocycles. The summed E-state index contributed by atoms with van der Waals surface area (Å²) in [6, 6.07) is 0.253. The maximum Gasteiger partial charge on any atom is 0.0944 e. The molecule has 1 aromatic rings. The minimum atomic E-state index is 0.253. The van der Waals surface area contributed by atoms with Gasteiger partial charge in [-0.25, -0.2) is 4.98 Å². The SMILES string of the molecule is C=CCC(Cc1nc(C)cs1)NN. The zero-order valence-electron chi connectivity index (χ0n) is 7.79. The molecule has 13 heavy (non-hydrogen) atoms. The molecular weight excluding hydrogens is 182 g/mol. The Bertz CT molecular complexity index is 270. The fraction of sp³-hybridized carbons (Fsp3) is 0.444. The highest BCUT2D eigenvalue weighted by Gasteiger charge is 2.07. The summed E-state index contributed by atoms with van der Waals surface area (Å²) in [7, 11) is 0. The fourth-order valence-electron chi connectivity index (χ4n) is 1.12. The molecule has 1 unspecified atom stereocenters. The lowest BCUT2D eigenvalue weighted by Gasteiger charge is -2.10. The number of rotatable bonds is 5. The molecule has 0 aliphatic rings. The lowest BCUT2D eigenvalue weighted by atomic mass is 10.1. The number of aryl methyl sites for hydroxylation is 1. The second-order valence-electron chi connectivity index (χ2n) is 2.97. The van der Waals surface area contributed by atoms with Crippen molar-refractivity contribution < 1.29 is 0 Å². The van der Waals surface area contributed by atoms with Gasteiger partial charge < -0.3 is 0 Å². The molecule has 4 heteroatoms. The van der Waals surface area contributed by atoms with E-state index in [4.69, 9.17) is 5.84 Å². The molecule has 1 heterocycles. The van der Waals surface area contributed by atoms with Crippen molar-refractivity contribution in [1.82, 2.24) is 10.4 Å². The van der Waals surface area contributed by atoms with E-state index in [1.165, 1.54) is 0 Å². The lowest BCUT2D eigenvalue weighted by molar-refractivity contribution is 0.530. The number of aromatic nitrogens is 1. The van der Waals surface area contributed by atoms with E-state index in [1.807, 2.05) is 13.0 Å². The predicted molar refractivity (Wildman–Crippen MR) is 56.5 cm³/mol. The molecule has 72 valence electrons. The lowest BCUT2D eigenvalue weighted by Crippen LogP contribution is -2.36. The highest BCUT2D eigenvalue weighted by Crippen LogP contribution is 2.11. The first-order valence-electron chi connectivity index (χ1n) is 4.24. The third kappa shape index (κ3) is 3.26. The van der Waals surface area contributed by atoms with E-state index in [0.29, 0.717) is 0 Å². The average Bonchev–Trinajstić information content (AvgIpc) is 2.50. The molecule has 3 nitrogen and oxygen atoms in total. The number of nitrogens with two attached hydrogens (primary N) is 1. The van der Waals surface area contributed by atoms with Crippen LogP contribution < -0.4 is 11.3 Å². The van der Waals surface area contributed by atoms with E-state index in [2.05, 4.69) is 22.4 Å². The molecule has 0 aliphatic carbocycles. The Morgan fingerprint density at radius 2 is 2.62 bits per heavy atom. The predicted octanol–water partition coefficient (Wildman–Crippen LogP) is 1.40. The summed E-state index contributed by atoms with van der Waals surface area (Å²) in [4.78, 5) is 4.37. The van der Waals surface area contributed by atoms with Crippen LogP contribution in [0.1, 0.15) is 17.1 Å². The smallest absolute Gasteiger partial charge is 0.0944 e. The molecule has 1 atom stereocenters. The average molecular weight is 197 g/mol. The third-order valence-corrected chi connectivity index (χ3v) is 2.76. The summed E-state index contributed by atoms with van der Waals surface area (Å²) in [6.07, 6.45) is 3.61. The van der Waals surface area contributed by atoms with E-state index in [0.717, 1.165) is 23.5 Å². The van der Waals surface area contributed by atoms with Crippen LogP contribution >= 0.6 is 11.3 Å². The van der Waals surface area contributed by atoms with Crippen molar-refractivity contribution in [2.24, 2.45) is 5.84 Å². The Morgan fingerprint density at radius 3 is 3.08 bits per heavy atom. The van der Waals surface area contributed by atoms with E-state index >= 15 is 0 Å². The normalized spacial score (nSPS) is 12.8. The number of hydrazine groups is 1. The summed E-state index contributed by atoms with van der Waals surface area (Å²) in [5, 5.41) is 3.18. The maximum atomic E-state index is 5.39. The third-order valence-electron chi connectivity index (χ3n) is 1.77. The van der Waals surface area contributed by atoms with Gasteiger partial charge in [-0.15, -0.1) is 17.9 Å². The molecule has 3 N–H and O–H groups in total. The zero-order valence-corrected chi connectivity index (χ0v) is 8.60. The fourth-order valence-corrected chi connectivity index (χ4v) is 1.97. The van der Waals surface area contributed by atoms with Crippen LogP contribution in [0, 0.1) is 6.92 Å². The van der Waals surface area contributed by atoms with Gasteiger partial charge in [0, 0.05) is 23.5 Å². The summed E-state index contributed by atoms with van der Waals surface area (Å²) in [5.41, 5.74) is 3.83. The second kappa shape index (κ2) is 5.11. The molecule has 1 rings (SSSR count). The number of hydrogen-bond acceptors (Lipinski definition) is 4. The van der Waals surface area contributed by atoms with Crippen molar-refractivity contribution in [2.45, 2.75) is 25.8 Å². The number of hydrogen-bond donors (Lipinski definition) is 2. The van der Waals surface area contributed by atoms with Gasteiger partial charge >= 0.3 is 0 Å². The molecular formula is C9H15N3S. The van der Waals surface area contributed by atoms with Crippen molar-refractivity contribution in [2.75, 3.05) is 0 Å². The topological polar surface area (TPSA) is 50.9 Å². The first-order valence-corrected chi connectivity index (χ1v) is 5.12. The molecule has 0 bridgehead atoms. The van der Waals surface area contributed by atoms with E-state index in [1.54, 1.807) is 11.3 Å². The highest BCUT2D eigenvalue weighted by molar-refractivity contribution is 7.09. The summed E-state index contributed by atoms with van der Waals surface area (Å²) in [5.74, 6) is 5.39. The summed E-state index contributed by atoms with van der Waals surface area (Å²) in [6.45, 7) is 5.68. The van der Waals surface area contributed by atoms with Gasteiger partial charge in [0.15, 0.2) is 0 Å². The van der Waals surface area contributed by atoms with Gasteiger partial charge in [-0.3, -0.25) is 11.3 Å². The van der Waals surface area contributed by atoms with Gasteiger partial charge in [0.05, 0.1) is 5.01 Å². The highest BCUT2D eigenvalue weighted by atomic mass is 32.1. The molecule has 0 spiro atoms. The zero-order chi connectivity index (χ0) is 9.68.